The lowest BCUT2D eigenvalue weighted by atomic mass is 10.2. The molecule has 1 N–H and O–H groups in total. The van der Waals surface area contributed by atoms with Gasteiger partial charge >= 0.3 is 5.95 Å². The van der Waals surface area contributed by atoms with Gasteiger partial charge in [0.15, 0.2) is 10.0 Å². The molecule has 0 spiro atoms. The van der Waals surface area contributed by atoms with E-state index in [-0.39, 0.29) is 11.6 Å². The number of aromatic nitrogens is 3. The summed E-state index contributed by atoms with van der Waals surface area (Å²) in [5, 5.41) is 18.9. The smallest absolute Gasteiger partial charge is 0.312 e. The van der Waals surface area contributed by atoms with Gasteiger partial charge in [-0.1, -0.05) is 41.6 Å². The Morgan fingerprint density at radius 2 is 2.13 bits per heavy atom. The Morgan fingerprint density at radius 3 is 2.87 bits per heavy atom. The zero-order chi connectivity index (χ0) is 16.2. The van der Waals surface area contributed by atoms with E-state index in [4.69, 9.17) is 16.0 Å². The number of halogens is 1. The highest BCUT2D eigenvalue weighted by Crippen LogP contribution is 2.29. The highest BCUT2D eigenvalue weighted by Gasteiger charge is 2.12. The van der Waals surface area contributed by atoms with Crippen LogP contribution < -0.4 is 0 Å². The average molecular weight is 367 g/mol. The van der Waals surface area contributed by atoms with Crippen LogP contribution in [-0.4, -0.2) is 32.3 Å². The Balaban J connectivity index is 1.80. The molecule has 6 nitrogen and oxygen atoms in total. The molecule has 23 heavy (non-hydrogen) atoms. The van der Waals surface area contributed by atoms with E-state index >= 15 is 0 Å². The third-order valence-corrected chi connectivity index (χ3v) is 4.79. The largest absolute Gasteiger partial charge is 0.479 e. The normalized spacial score (nSPS) is 11.4. The van der Waals surface area contributed by atoms with Crippen LogP contribution in [0.1, 0.15) is 12.6 Å². The SMILES string of the molecule is CCSc1nnc(/N=C/c2nc(-c3ccc(Cl)cc3)oc2O)s1. The van der Waals surface area contributed by atoms with Crippen LogP contribution in [0.25, 0.3) is 11.5 Å². The summed E-state index contributed by atoms with van der Waals surface area (Å²) in [6.45, 7) is 2.04. The highest BCUT2D eigenvalue weighted by molar-refractivity contribution is 8.01. The lowest BCUT2D eigenvalue weighted by Gasteiger charge is -1.93. The van der Waals surface area contributed by atoms with E-state index in [0.717, 1.165) is 10.1 Å². The van der Waals surface area contributed by atoms with Gasteiger partial charge in [-0.25, -0.2) is 9.98 Å². The number of hydrogen-bond acceptors (Lipinski definition) is 8. The molecule has 0 bridgehead atoms. The Labute approximate surface area is 145 Å². The predicted octanol–water partition coefficient (Wildman–Crippen LogP) is 4.41. The fraction of sp³-hybridized carbons (Fsp3) is 0.143. The molecule has 0 radical (unpaired) electrons. The molecule has 2 heterocycles. The van der Waals surface area contributed by atoms with Gasteiger partial charge < -0.3 is 9.52 Å². The van der Waals surface area contributed by atoms with E-state index < -0.39 is 0 Å². The van der Waals surface area contributed by atoms with Crippen LogP contribution >= 0.6 is 34.7 Å². The summed E-state index contributed by atoms with van der Waals surface area (Å²) in [4.78, 5) is 8.37. The van der Waals surface area contributed by atoms with Crippen molar-refractivity contribution >= 4 is 46.0 Å². The van der Waals surface area contributed by atoms with E-state index in [2.05, 4.69) is 20.2 Å². The Bertz CT molecular complexity index is 830. The maximum absolute atomic E-state index is 9.83. The lowest BCUT2D eigenvalue weighted by Crippen LogP contribution is -1.82. The van der Waals surface area contributed by atoms with Crippen molar-refractivity contribution in [1.82, 2.24) is 15.2 Å². The van der Waals surface area contributed by atoms with Gasteiger partial charge in [0.25, 0.3) is 0 Å². The molecule has 2 aromatic heterocycles. The molecule has 3 aromatic rings. The third kappa shape index (κ3) is 3.90. The van der Waals surface area contributed by atoms with Crippen molar-refractivity contribution in [2.75, 3.05) is 5.75 Å². The maximum Gasteiger partial charge on any atom is 0.312 e. The minimum Gasteiger partial charge on any atom is -0.479 e. The van der Waals surface area contributed by atoms with Crippen LogP contribution in [0.4, 0.5) is 5.13 Å². The van der Waals surface area contributed by atoms with Crippen LogP contribution in [0.3, 0.4) is 0 Å². The topological polar surface area (TPSA) is 84.4 Å². The summed E-state index contributed by atoms with van der Waals surface area (Å²) in [5.41, 5.74) is 0.941. The van der Waals surface area contributed by atoms with Crippen molar-refractivity contribution in [3.63, 3.8) is 0 Å². The zero-order valence-corrected chi connectivity index (χ0v) is 14.3. The van der Waals surface area contributed by atoms with Gasteiger partial charge in [-0.15, -0.1) is 10.2 Å². The number of hydrogen-bond donors (Lipinski definition) is 1. The fourth-order valence-electron chi connectivity index (χ4n) is 1.68. The Hall–Kier alpha value is -1.90. The molecule has 0 unspecified atom stereocenters. The molecule has 0 aliphatic rings. The number of aromatic hydroxyl groups is 1. The fourth-order valence-corrected chi connectivity index (χ4v) is 3.39. The van der Waals surface area contributed by atoms with Crippen molar-refractivity contribution in [3.8, 4) is 17.4 Å². The van der Waals surface area contributed by atoms with Crippen molar-refractivity contribution < 1.29 is 9.52 Å². The minimum atomic E-state index is -0.300. The number of aliphatic imine (C=N–C) groups is 1. The summed E-state index contributed by atoms with van der Waals surface area (Å²) in [6.07, 6.45) is 1.40. The first kappa shape index (κ1) is 16.0. The summed E-state index contributed by atoms with van der Waals surface area (Å²) in [6, 6.07) is 6.96. The second-order valence-corrected chi connectivity index (χ2v) is 7.16. The number of oxazole rings is 1. The molecule has 0 amide bonds. The molecule has 1 aromatic carbocycles. The number of thioether (sulfide) groups is 1. The van der Waals surface area contributed by atoms with Gasteiger partial charge in [0, 0.05) is 10.6 Å². The van der Waals surface area contributed by atoms with Gasteiger partial charge in [-0.05, 0) is 30.0 Å². The van der Waals surface area contributed by atoms with E-state index in [9.17, 15) is 5.11 Å². The quantitative estimate of drug-likeness (QED) is 0.531. The van der Waals surface area contributed by atoms with Gasteiger partial charge in [0.2, 0.25) is 11.0 Å². The lowest BCUT2D eigenvalue weighted by molar-refractivity contribution is 0.337. The first-order chi connectivity index (χ1) is 11.2. The minimum absolute atomic E-state index is 0.231. The van der Waals surface area contributed by atoms with E-state index in [1.807, 2.05) is 6.92 Å². The molecule has 9 heteroatoms. The van der Waals surface area contributed by atoms with Crippen LogP contribution in [0, 0.1) is 0 Å². The highest BCUT2D eigenvalue weighted by atomic mass is 35.5. The molecule has 0 aliphatic carbocycles. The molecule has 3 rings (SSSR count). The van der Waals surface area contributed by atoms with Crippen LogP contribution in [0.2, 0.25) is 5.02 Å². The van der Waals surface area contributed by atoms with Gasteiger partial charge in [0.1, 0.15) is 0 Å². The molecular weight excluding hydrogens is 356 g/mol. The van der Waals surface area contributed by atoms with Crippen molar-refractivity contribution in [2.24, 2.45) is 4.99 Å². The molecular formula is C14H11ClN4O2S2. The number of benzene rings is 1. The average Bonchev–Trinajstić information content (AvgIpc) is 3.13. The summed E-state index contributed by atoms with van der Waals surface area (Å²) < 4.78 is 6.10. The second-order valence-electron chi connectivity index (χ2n) is 4.26. The number of rotatable bonds is 5. The molecule has 0 atom stereocenters. The molecule has 0 aliphatic heterocycles. The van der Waals surface area contributed by atoms with Crippen molar-refractivity contribution in [1.29, 1.82) is 0 Å². The van der Waals surface area contributed by atoms with Gasteiger partial charge in [-0.3, -0.25) is 0 Å². The summed E-state index contributed by atoms with van der Waals surface area (Å²) in [7, 11) is 0. The maximum atomic E-state index is 9.83. The molecule has 0 saturated carbocycles. The monoisotopic (exact) mass is 366 g/mol. The third-order valence-electron chi connectivity index (χ3n) is 2.69. The standard InChI is InChI=1S/C14H11ClN4O2S2/c1-2-22-14-19-18-13(23-14)16-7-10-12(20)21-11(17-10)8-3-5-9(15)6-4-8/h3-7,20H,2H2,1H3/b16-7+. The zero-order valence-electron chi connectivity index (χ0n) is 11.9. The Kier molecular flexibility index (Phi) is 4.94. The van der Waals surface area contributed by atoms with Crippen molar-refractivity contribution in [3.05, 3.63) is 35.0 Å². The first-order valence-corrected chi connectivity index (χ1v) is 8.80. The summed E-state index contributed by atoms with van der Waals surface area (Å²) in [5.74, 6) is 0.916. The summed E-state index contributed by atoms with van der Waals surface area (Å²) >= 11 is 8.82. The molecule has 0 saturated heterocycles. The second kappa shape index (κ2) is 7.12. The van der Waals surface area contributed by atoms with Gasteiger partial charge in [-0.2, -0.15) is 0 Å². The van der Waals surface area contributed by atoms with Crippen LogP contribution in [-0.2, 0) is 0 Å². The Morgan fingerprint density at radius 1 is 1.35 bits per heavy atom. The van der Waals surface area contributed by atoms with E-state index in [1.54, 1.807) is 36.0 Å². The molecule has 118 valence electrons. The van der Waals surface area contributed by atoms with Crippen molar-refractivity contribution in [2.45, 2.75) is 11.3 Å². The van der Waals surface area contributed by atoms with Crippen LogP contribution in [0.15, 0.2) is 38.0 Å². The number of nitrogens with zero attached hydrogens (tertiary/aromatic N) is 4. The first-order valence-electron chi connectivity index (χ1n) is 6.62. The van der Waals surface area contributed by atoms with E-state index in [1.165, 1.54) is 17.6 Å². The predicted molar refractivity (Wildman–Crippen MR) is 92.2 cm³/mol. The van der Waals surface area contributed by atoms with Gasteiger partial charge in [0.05, 0.1) is 6.21 Å². The van der Waals surface area contributed by atoms with E-state index in [0.29, 0.717) is 21.6 Å². The van der Waals surface area contributed by atoms with Crippen LogP contribution in [0.5, 0.6) is 5.95 Å². The molecule has 0 fully saturated rings.